The number of nitrogens with one attached hydrogen (secondary N) is 1. The van der Waals surface area contributed by atoms with Crippen molar-refractivity contribution in [1.29, 1.82) is 0 Å². The number of hydrogen-bond donors (Lipinski definition) is 1. The van der Waals surface area contributed by atoms with Crippen LogP contribution < -0.4 is 5.32 Å². The standard InChI is InChI=1S/C14H22N2O3/c1-8(2)16-11-6-9(3)5-10(12(11)13(16)17)7-19-14(18)15-4/h6,8,10-12H,5,7H2,1-4H3,(H,15,18). The summed E-state index contributed by atoms with van der Waals surface area (Å²) < 4.78 is 5.13. The van der Waals surface area contributed by atoms with Gasteiger partial charge in [0.25, 0.3) is 0 Å². The first kappa shape index (κ1) is 13.9. The quantitative estimate of drug-likeness (QED) is 0.623. The summed E-state index contributed by atoms with van der Waals surface area (Å²) in [4.78, 5) is 25.3. The number of amides is 2. The van der Waals surface area contributed by atoms with Gasteiger partial charge in [0.2, 0.25) is 5.91 Å². The number of β-lactam (4-membered cyclic amide) rings is 1. The molecule has 1 N–H and O–H groups in total. The fraction of sp³-hybridized carbons (Fsp3) is 0.714. The Morgan fingerprint density at radius 1 is 1.58 bits per heavy atom. The summed E-state index contributed by atoms with van der Waals surface area (Å²) in [6.07, 6.45) is 2.58. The Morgan fingerprint density at radius 2 is 2.26 bits per heavy atom. The molecule has 106 valence electrons. The van der Waals surface area contributed by atoms with Gasteiger partial charge in [0, 0.05) is 19.0 Å². The first-order chi connectivity index (χ1) is 8.95. The van der Waals surface area contributed by atoms with E-state index in [4.69, 9.17) is 4.74 Å². The zero-order valence-electron chi connectivity index (χ0n) is 12.0. The highest BCUT2D eigenvalue weighted by atomic mass is 16.5. The highest BCUT2D eigenvalue weighted by Crippen LogP contribution is 2.42. The number of nitrogens with zero attached hydrogens (tertiary/aromatic N) is 1. The molecular formula is C14H22N2O3. The molecule has 1 heterocycles. The van der Waals surface area contributed by atoms with E-state index >= 15 is 0 Å². The lowest BCUT2D eigenvalue weighted by Gasteiger charge is -2.53. The summed E-state index contributed by atoms with van der Waals surface area (Å²) in [7, 11) is 1.53. The summed E-state index contributed by atoms with van der Waals surface area (Å²) in [6.45, 7) is 6.44. The van der Waals surface area contributed by atoms with E-state index in [9.17, 15) is 9.59 Å². The first-order valence-electron chi connectivity index (χ1n) is 6.79. The van der Waals surface area contributed by atoms with Gasteiger partial charge in [0.05, 0.1) is 18.6 Å². The van der Waals surface area contributed by atoms with Crippen LogP contribution in [0.1, 0.15) is 27.2 Å². The Kier molecular flexibility index (Phi) is 3.83. The molecule has 2 rings (SSSR count). The summed E-state index contributed by atoms with van der Waals surface area (Å²) in [5, 5.41) is 2.43. The molecule has 3 unspecified atom stereocenters. The van der Waals surface area contributed by atoms with Crippen molar-refractivity contribution >= 4 is 12.0 Å². The Balaban J connectivity index is 2.06. The molecule has 5 nitrogen and oxygen atoms in total. The van der Waals surface area contributed by atoms with Gasteiger partial charge in [-0.3, -0.25) is 4.79 Å². The van der Waals surface area contributed by atoms with Gasteiger partial charge in [-0.2, -0.15) is 0 Å². The zero-order valence-corrected chi connectivity index (χ0v) is 12.0. The van der Waals surface area contributed by atoms with Gasteiger partial charge in [0.15, 0.2) is 0 Å². The number of allylic oxidation sites excluding steroid dienone is 1. The van der Waals surface area contributed by atoms with Crippen LogP contribution in [-0.2, 0) is 9.53 Å². The highest BCUT2D eigenvalue weighted by Gasteiger charge is 2.52. The van der Waals surface area contributed by atoms with Gasteiger partial charge in [0.1, 0.15) is 0 Å². The van der Waals surface area contributed by atoms with Crippen molar-refractivity contribution in [2.45, 2.75) is 39.3 Å². The van der Waals surface area contributed by atoms with Gasteiger partial charge >= 0.3 is 6.09 Å². The Labute approximate surface area is 114 Å². The molecule has 2 aliphatic rings. The monoisotopic (exact) mass is 266 g/mol. The summed E-state index contributed by atoms with van der Waals surface area (Å²) in [5.41, 5.74) is 1.27. The summed E-state index contributed by atoms with van der Waals surface area (Å²) in [5.74, 6) is 0.278. The van der Waals surface area contributed by atoms with E-state index in [2.05, 4.69) is 18.3 Å². The van der Waals surface area contributed by atoms with Crippen LogP contribution in [0.2, 0.25) is 0 Å². The maximum Gasteiger partial charge on any atom is 0.406 e. The lowest BCUT2D eigenvalue weighted by atomic mass is 9.70. The second-order valence-electron chi connectivity index (χ2n) is 5.68. The zero-order chi connectivity index (χ0) is 14.2. The largest absolute Gasteiger partial charge is 0.449 e. The molecule has 1 aliphatic carbocycles. The van der Waals surface area contributed by atoms with Gasteiger partial charge in [-0.05, 0) is 27.2 Å². The number of fused-ring (bicyclic) bond motifs is 1. The van der Waals surface area contributed by atoms with Gasteiger partial charge in [-0.15, -0.1) is 0 Å². The molecule has 2 amide bonds. The molecule has 5 heteroatoms. The van der Waals surface area contributed by atoms with Crippen LogP contribution >= 0.6 is 0 Å². The van der Waals surface area contributed by atoms with Crippen LogP contribution in [0.4, 0.5) is 4.79 Å². The molecule has 0 aromatic carbocycles. The number of alkyl carbamates (subject to hydrolysis) is 1. The van der Waals surface area contributed by atoms with Crippen LogP contribution in [0.5, 0.6) is 0 Å². The molecule has 0 aromatic rings. The average molecular weight is 266 g/mol. The highest BCUT2D eigenvalue weighted by molar-refractivity contribution is 5.88. The fourth-order valence-corrected chi connectivity index (χ4v) is 3.14. The molecule has 0 saturated carbocycles. The van der Waals surface area contributed by atoms with Crippen molar-refractivity contribution in [3.05, 3.63) is 11.6 Å². The van der Waals surface area contributed by atoms with Gasteiger partial charge in [-0.25, -0.2) is 4.79 Å². The molecule has 1 fully saturated rings. The third kappa shape index (κ3) is 2.46. The van der Waals surface area contributed by atoms with E-state index in [0.29, 0.717) is 6.61 Å². The lowest BCUT2D eigenvalue weighted by molar-refractivity contribution is -0.162. The SMILES string of the molecule is CNC(=O)OCC1CC(C)=CC2C1C(=O)N2C(C)C. The number of likely N-dealkylation sites (tertiary alicyclic amines) is 1. The van der Waals surface area contributed by atoms with Crippen molar-refractivity contribution < 1.29 is 14.3 Å². The molecule has 0 spiro atoms. The van der Waals surface area contributed by atoms with Crippen molar-refractivity contribution in [2.75, 3.05) is 13.7 Å². The lowest BCUT2D eigenvalue weighted by Crippen LogP contribution is -2.66. The molecule has 3 atom stereocenters. The number of hydrogen-bond acceptors (Lipinski definition) is 3. The second kappa shape index (κ2) is 5.23. The Bertz CT molecular complexity index is 417. The Hall–Kier alpha value is -1.52. The van der Waals surface area contributed by atoms with Crippen LogP contribution in [0.25, 0.3) is 0 Å². The maximum atomic E-state index is 12.2. The Morgan fingerprint density at radius 3 is 2.84 bits per heavy atom. The van der Waals surface area contributed by atoms with Crippen LogP contribution in [0.15, 0.2) is 11.6 Å². The van der Waals surface area contributed by atoms with Gasteiger partial charge < -0.3 is 15.0 Å². The molecule has 0 aromatic heterocycles. The minimum absolute atomic E-state index is 0.0178. The van der Waals surface area contributed by atoms with E-state index < -0.39 is 6.09 Å². The molecular weight excluding hydrogens is 244 g/mol. The van der Waals surface area contributed by atoms with Gasteiger partial charge in [-0.1, -0.05) is 11.6 Å². The topological polar surface area (TPSA) is 58.6 Å². The molecule has 19 heavy (non-hydrogen) atoms. The minimum atomic E-state index is -0.434. The van der Waals surface area contributed by atoms with Crippen molar-refractivity contribution in [2.24, 2.45) is 11.8 Å². The van der Waals surface area contributed by atoms with E-state index in [-0.39, 0.29) is 29.8 Å². The molecule has 1 saturated heterocycles. The predicted octanol–water partition coefficient (Wildman–Crippen LogP) is 1.54. The number of ether oxygens (including phenoxy) is 1. The van der Waals surface area contributed by atoms with Crippen molar-refractivity contribution in [3.63, 3.8) is 0 Å². The first-order valence-corrected chi connectivity index (χ1v) is 6.79. The van der Waals surface area contributed by atoms with Crippen LogP contribution in [0.3, 0.4) is 0 Å². The molecule has 0 radical (unpaired) electrons. The number of rotatable bonds is 3. The number of carbonyl (C=O) groups is 2. The average Bonchev–Trinajstić information content (AvgIpc) is 2.34. The second-order valence-corrected chi connectivity index (χ2v) is 5.68. The van der Waals surface area contributed by atoms with Crippen LogP contribution in [-0.4, -0.2) is 42.6 Å². The van der Waals surface area contributed by atoms with E-state index in [1.807, 2.05) is 18.7 Å². The summed E-state index contributed by atoms with van der Waals surface area (Å²) >= 11 is 0. The van der Waals surface area contributed by atoms with Crippen LogP contribution in [0, 0.1) is 11.8 Å². The number of carbonyl (C=O) groups excluding carboxylic acids is 2. The van der Waals surface area contributed by atoms with E-state index in [1.54, 1.807) is 0 Å². The van der Waals surface area contributed by atoms with Crippen molar-refractivity contribution in [1.82, 2.24) is 10.2 Å². The van der Waals surface area contributed by atoms with E-state index in [0.717, 1.165) is 6.42 Å². The van der Waals surface area contributed by atoms with E-state index in [1.165, 1.54) is 12.6 Å². The maximum absolute atomic E-state index is 12.2. The normalized spacial score (nSPS) is 29.5. The van der Waals surface area contributed by atoms with Crippen molar-refractivity contribution in [3.8, 4) is 0 Å². The third-order valence-corrected chi connectivity index (χ3v) is 3.97. The summed E-state index contributed by atoms with van der Waals surface area (Å²) in [6, 6.07) is 0.399. The predicted molar refractivity (Wildman–Crippen MR) is 71.5 cm³/mol. The molecule has 1 aliphatic heterocycles. The molecule has 0 bridgehead atoms. The smallest absolute Gasteiger partial charge is 0.406 e. The third-order valence-electron chi connectivity index (χ3n) is 3.97. The minimum Gasteiger partial charge on any atom is -0.449 e. The fourth-order valence-electron chi connectivity index (χ4n) is 3.14.